The van der Waals surface area contributed by atoms with Crippen molar-refractivity contribution in [3.8, 4) is 17.1 Å². The van der Waals surface area contributed by atoms with E-state index >= 15 is 0 Å². The van der Waals surface area contributed by atoms with E-state index in [0.717, 1.165) is 23.3 Å². The second-order valence-corrected chi connectivity index (χ2v) is 6.37. The van der Waals surface area contributed by atoms with Crippen LogP contribution in [0.4, 0.5) is 4.39 Å². The molecule has 1 N–H and O–H groups in total. The molecule has 0 bridgehead atoms. The zero-order valence-corrected chi connectivity index (χ0v) is 14.1. The lowest BCUT2D eigenvalue weighted by Gasteiger charge is -2.25. The number of para-hydroxylation sites is 1. The van der Waals surface area contributed by atoms with E-state index in [1.54, 1.807) is 24.3 Å². The topological polar surface area (TPSA) is 51.5 Å². The van der Waals surface area contributed by atoms with Crippen LogP contribution in [-0.2, 0) is 6.42 Å². The molecule has 0 spiro atoms. The number of carbonyl (C=O) groups excluding carboxylic acids is 1. The van der Waals surface area contributed by atoms with Crippen LogP contribution in [0.15, 0.2) is 65.1 Å². The van der Waals surface area contributed by atoms with Gasteiger partial charge in [-0.15, -0.1) is 0 Å². The molecule has 132 valence electrons. The number of benzene rings is 2. The van der Waals surface area contributed by atoms with Gasteiger partial charge in [0.15, 0.2) is 5.76 Å². The molecule has 4 nitrogen and oxygen atoms in total. The highest BCUT2D eigenvalue weighted by molar-refractivity contribution is 5.92. The lowest BCUT2D eigenvalue weighted by Crippen LogP contribution is -2.34. The molecule has 1 aliphatic heterocycles. The van der Waals surface area contributed by atoms with Crippen molar-refractivity contribution in [1.29, 1.82) is 0 Å². The SMILES string of the molecule is O=C(NCC1COc2ccccc2C1)c1ccc(-c2ccc(F)cc2)o1. The third-order valence-corrected chi connectivity index (χ3v) is 4.47. The molecule has 1 aromatic heterocycles. The lowest BCUT2D eigenvalue weighted by atomic mass is 9.97. The Labute approximate surface area is 150 Å². The van der Waals surface area contributed by atoms with Crippen molar-refractivity contribution in [3.63, 3.8) is 0 Å². The quantitative estimate of drug-likeness (QED) is 0.771. The van der Waals surface area contributed by atoms with Crippen molar-refractivity contribution >= 4 is 5.91 Å². The number of hydrogen-bond donors (Lipinski definition) is 1. The maximum Gasteiger partial charge on any atom is 0.287 e. The van der Waals surface area contributed by atoms with Gasteiger partial charge in [-0.2, -0.15) is 0 Å². The Morgan fingerprint density at radius 3 is 2.73 bits per heavy atom. The summed E-state index contributed by atoms with van der Waals surface area (Å²) in [4.78, 5) is 12.3. The van der Waals surface area contributed by atoms with Gasteiger partial charge in [0.1, 0.15) is 17.3 Å². The summed E-state index contributed by atoms with van der Waals surface area (Å²) in [5.41, 5.74) is 1.89. The molecule has 2 aromatic carbocycles. The highest BCUT2D eigenvalue weighted by atomic mass is 19.1. The van der Waals surface area contributed by atoms with Crippen molar-refractivity contribution in [2.45, 2.75) is 6.42 Å². The summed E-state index contributed by atoms with van der Waals surface area (Å²) in [5, 5.41) is 2.90. The number of halogens is 1. The van der Waals surface area contributed by atoms with Crippen molar-refractivity contribution < 1.29 is 18.3 Å². The Kier molecular flexibility index (Phi) is 4.44. The first-order valence-corrected chi connectivity index (χ1v) is 8.54. The van der Waals surface area contributed by atoms with Gasteiger partial charge in [-0.3, -0.25) is 4.79 Å². The number of amides is 1. The van der Waals surface area contributed by atoms with Gasteiger partial charge in [0.05, 0.1) is 6.61 Å². The maximum absolute atomic E-state index is 13.0. The lowest BCUT2D eigenvalue weighted by molar-refractivity contribution is 0.0912. The normalized spacial score (nSPS) is 15.8. The summed E-state index contributed by atoms with van der Waals surface area (Å²) in [6, 6.07) is 17.2. The molecule has 5 heteroatoms. The van der Waals surface area contributed by atoms with Crippen LogP contribution < -0.4 is 10.1 Å². The number of nitrogens with one attached hydrogen (secondary N) is 1. The maximum atomic E-state index is 13.0. The van der Waals surface area contributed by atoms with Gasteiger partial charge in [-0.05, 0) is 54.4 Å². The molecule has 0 saturated carbocycles. The zero-order valence-electron chi connectivity index (χ0n) is 14.1. The van der Waals surface area contributed by atoms with E-state index in [4.69, 9.17) is 9.15 Å². The summed E-state index contributed by atoms with van der Waals surface area (Å²) in [5.74, 6) is 1.34. The molecule has 1 atom stereocenters. The molecule has 1 unspecified atom stereocenters. The van der Waals surface area contributed by atoms with Crippen molar-refractivity contribution in [3.05, 3.63) is 77.8 Å². The van der Waals surface area contributed by atoms with Crippen LogP contribution in [0.3, 0.4) is 0 Å². The smallest absolute Gasteiger partial charge is 0.287 e. The number of rotatable bonds is 4. The van der Waals surface area contributed by atoms with Gasteiger partial charge < -0.3 is 14.5 Å². The minimum Gasteiger partial charge on any atom is -0.493 e. The first-order chi connectivity index (χ1) is 12.7. The standard InChI is InChI=1S/C21H18FNO3/c22-17-7-5-15(6-8-17)19-9-10-20(26-19)21(24)23-12-14-11-16-3-1-2-4-18(16)25-13-14/h1-10,14H,11-13H2,(H,23,24). The van der Waals surface area contributed by atoms with E-state index in [1.165, 1.54) is 12.1 Å². The van der Waals surface area contributed by atoms with Gasteiger partial charge >= 0.3 is 0 Å². The van der Waals surface area contributed by atoms with Crippen LogP contribution in [-0.4, -0.2) is 19.1 Å². The predicted octanol–water partition coefficient (Wildman–Crippen LogP) is 4.07. The van der Waals surface area contributed by atoms with E-state index in [2.05, 4.69) is 5.32 Å². The molecule has 0 fully saturated rings. The Hall–Kier alpha value is -3.08. The van der Waals surface area contributed by atoms with E-state index in [0.29, 0.717) is 18.9 Å². The van der Waals surface area contributed by atoms with Crippen molar-refractivity contribution in [1.82, 2.24) is 5.32 Å². The fourth-order valence-corrected chi connectivity index (χ4v) is 3.08. The van der Waals surface area contributed by atoms with Crippen LogP contribution in [0, 0.1) is 11.7 Å². The Bertz CT molecular complexity index is 917. The average Bonchev–Trinajstić information content (AvgIpc) is 3.17. The largest absolute Gasteiger partial charge is 0.493 e. The minimum absolute atomic E-state index is 0.223. The first kappa shape index (κ1) is 16.4. The highest BCUT2D eigenvalue weighted by Crippen LogP contribution is 2.26. The predicted molar refractivity (Wildman–Crippen MR) is 95.6 cm³/mol. The summed E-state index contributed by atoms with van der Waals surface area (Å²) in [6.07, 6.45) is 0.870. The first-order valence-electron chi connectivity index (χ1n) is 8.54. The number of carbonyl (C=O) groups is 1. The monoisotopic (exact) mass is 351 g/mol. The molecule has 0 aliphatic carbocycles. The number of furan rings is 1. The zero-order chi connectivity index (χ0) is 17.9. The average molecular weight is 351 g/mol. The van der Waals surface area contributed by atoms with Crippen molar-refractivity contribution in [2.75, 3.05) is 13.2 Å². The molecular weight excluding hydrogens is 333 g/mol. The van der Waals surface area contributed by atoms with Crippen LogP contribution in [0.5, 0.6) is 5.75 Å². The molecule has 2 heterocycles. The Morgan fingerprint density at radius 2 is 1.88 bits per heavy atom. The highest BCUT2D eigenvalue weighted by Gasteiger charge is 2.21. The molecule has 26 heavy (non-hydrogen) atoms. The van der Waals surface area contributed by atoms with E-state index < -0.39 is 0 Å². The van der Waals surface area contributed by atoms with Gasteiger partial charge in [0, 0.05) is 18.0 Å². The second kappa shape index (κ2) is 7.04. The Balaban J connectivity index is 1.36. The van der Waals surface area contributed by atoms with Crippen LogP contribution in [0.25, 0.3) is 11.3 Å². The van der Waals surface area contributed by atoms with Gasteiger partial charge in [-0.25, -0.2) is 4.39 Å². The van der Waals surface area contributed by atoms with E-state index in [-0.39, 0.29) is 23.4 Å². The van der Waals surface area contributed by atoms with Crippen molar-refractivity contribution in [2.24, 2.45) is 5.92 Å². The van der Waals surface area contributed by atoms with Crippen LogP contribution in [0.1, 0.15) is 16.1 Å². The molecule has 3 aromatic rings. The van der Waals surface area contributed by atoms with E-state index in [9.17, 15) is 9.18 Å². The fraction of sp³-hybridized carbons (Fsp3) is 0.190. The van der Waals surface area contributed by atoms with Gasteiger partial charge in [0.2, 0.25) is 0 Å². The minimum atomic E-state index is -0.311. The van der Waals surface area contributed by atoms with E-state index in [1.807, 2.05) is 24.3 Å². The number of fused-ring (bicyclic) bond motifs is 1. The third-order valence-electron chi connectivity index (χ3n) is 4.47. The van der Waals surface area contributed by atoms with Gasteiger partial charge in [0.25, 0.3) is 5.91 Å². The molecular formula is C21H18FNO3. The summed E-state index contributed by atoms with van der Waals surface area (Å²) in [6.45, 7) is 1.09. The molecule has 0 radical (unpaired) electrons. The summed E-state index contributed by atoms with van der Waals surface area (Å²) in [7, 11) is 0. The number of ether oxygens (including phenoxy) is 1. The summed E-state index contributed by atoms with van der Waals surface area (Å²) < 4.78 is 24.3. The molecule has 4 rings (SSSR count). The Morgan fingerprint density at radius 1 is 1.08 bits per heavy atom. The third kappa shape index (κ3) is 3.47. The molecule has 0 saturated heterocycles. The van der Waals surface area contributed by atoms with Crippen LogP contribution in [0.2, 0.25) is 0 Å². The molecule has 1 aliphatic rings. The summed E-state index contributed by atoms with van der Waals surface area (Å²) >= 11 is 0. The molecule has 1 amide bonds. The van der Waals surface area contributed by atoms with Crippen LogP contribution >= 0.6 is 0 Å². The van der Waals surface area contributed by atoms with Gasteiger partial charge in [-0.1, -0.05) is 18.2 Å². The second-order valence-electron chi connectivity index (χ2n) is 6.37. The fourth-order valence-electron chi connectivity index (χ4n) is 3.08. The number of hydrogen-bond acceptors (Lipinski definition) is 3.